The maximum Gasteiger partial charge on any atom is 0.115 e. The largest absolute Gasteiger partial charge is 0.508 e. The molecule has 0 heterocycles. The van der Waals surface area contributed by atoms with E-state index in [0.29, 0.717) is 12.5 Å². The lowest BCUT2D eigenvalue weighted by Crippen LogP contribution is -2.20. The van der Waals surface area contributed by atoms with E-state index in [9.17, 15) is 5.11 Å². The topological polar surface area (TPSA) is 66.5 Å². The van der Waals surface area contributed by atoms with Crippen molar-refractivity contribution in [1.82, 2.24) is 0 Å². The number of hydrogen-bond acceptors (Lipinski definition) is 3. The number of phenols is 1. The smallest absolute Gasteiger partial charge is 0.115 e. The van der Waals surface area contributed by atoms with E-state index in [-0.39, 0.29) is 18.3 Å². The van der Waals surface area contributed by atoms with Crippen LogP contribution >= 0.6 is 0 Å². The van der Waals surface area contributed by atoms with Gasteiger partial charge in [-0.25, -0.2) is 0 Å². The van der Waals surface area contributed by atoms with E-state index in [1.807, 2.05) is 12.1 Å². The van der Waals surface area contributed by atoms with Gasteiger partial charge in [-0.3, -0.25) is 0 Å². The highest BCUT2D eigenvalue weighted by atomic mass is 16.3. The van der Waals surface area contributed by atoms with Crippen molar-refractivity contribution in [1.29, 1.82) is 0 Å². The molecule has 1 aromatic carbocycles. The summed E-state index contributed by atoms with van der Waals surface area (Å²) in [6, 6.07) is 7.28. The molecule has 0 bridgehead atoms. The first-order valence-corrected chi connectivity index (χ1v) is 5.81. The van der Waals surface area contributed by atoms with Gasteiger partial charge in [0.25, 0.3) is 0 Å². The van der Waals surface area contributed by atoms with Gasteiger partial charge in [0.2, 0.25) is 0 Å². The highest BCUT2D eigenvalue weighted by Gasteiger charge is 2.15. The first-order valence-electron chi connectivity index (χ1n) is 5.81. The Labute approximate surface area is 96.9 Å². The van der Waals surface area contributed by atoms with Crippen LogP contribution in [0, 0.1) is 5.92 Å². The van der Waals surface area contributed by atoms with Gasteiger partial charge in [-0.1, -0.05) is 19.1 Å². The molecule has 3 nitrogen and oxygen atoms in total. The minimum Gasteiger partial charge on any atom is -0.508 e. The molecule has 0 aliphatic rings. The number of rotatable bonds is 6. The Morgan fingerprint density at radius 3 is 2.31 bits per heavy atom. The Kier molecular flexibility index (Phi) is 5.29. The second-order valence-corrected chi connectivity index (χ2v) is 4.22. The van der Waals surface area contributed by atoms with Crippen molar-refractivity contribution in [3.63, 3.8) is 0 Å². The van der Waals surface area contributed by atoms with E-state index in [2.05, 4.69) is 6.92 Å². The van der Waals surface area contributed by atoms with Crippen molar-refractivity contribution in [3.05, 3.63) is 29.8 Å². The average Bonchev–Trinajstić information content (AvgIpc) is 2.32. The minimum atomic E-state index is 0.144. The third kappa shape index (κ3) is 3.51. The molecule has 0 fully saturated rings. The molecule has 0 aromatic heterocycles. The van der Waals surface area contributed by atoms with Gasteiger partial charge in [0.15, 0.2) is 0 Å². The number of aromatic hydroxyl groups is 1. The molecule has 2 atom stereocenters. The van der Waals surface area contributed by atoms with Gasteiger partial charge in [0, 0.05) is 6.61 Å². The molecule has 0 amide bonds. The summed E-state index contributed by atoms with van der Waals surface area (Å²) in [5.74, 6) is 0.858. The lowest BCUT2D eigenvalue weighted by atomic mass is 9.87. The Hall–Kier alpha value is -1.06. The molecule has 0 aliphatic carbocycles. The summed E-state index contributed by atoms with van der Waals surface area (Å²) in [5.41, 5.74) is 6.79. The number of aliphatic hydroxyl groups is 1. The van der Waals surface area contributed by atoms with Crippen molar-refractivity contribution in [2.75, 3.05) is 13.2 Å². The molecule has 0 saturated carbocycles. The summed E-state index contributed by atoms with van der Waals surface area (Å²) in [4.78, 5) is 0. The van der Waals surface area contributed by atoms with Crippen LogP contribution in [0.3, 0.4) is 0 Å². The monoisotopic (exact) mass is 223 g/mol. The number of nitrogens with two attached hydrogens (primary N) is 1. The Balaban J connectivity index is 2.70. The fourth-order valence-electron chi connectivity index (χ4n) is 1.93. The van der Waals surface area contributed by atoms with E-state index in [1.54, 1.807) is 12.1 Å². The molecular formula is C13H21NO2. The standard InChI is InChI=1S/C13H21NO2/c1-2-11(7-10(8-14)9-15)12-3-5-13(16)6-4-12/h3-6,10-11,15-16H,2,7-9,14H2,1H3. The van der Waals surface area contributed by atoms with Crippen LogP contribution in [0.4, 0.5) is 0 Å². The maximum absolute atomic E-state index is 9.23. The molecule has 2 unspecified atom stereocenters. The van der Waals surface area contributed by atoms with Crippen LogP contribution in [-0.4, -0.2) is 23.4 Å². The predicted octanol–water partition coefficient (Wildman–Crippen LogP) is 1.84. The molecule has 1 rings (SSSR count). The third-order valence-electron chi connectivity index (χ3n) is 3.07. The van der Waals surface area contributed by atoms with Gasteiger partial charge in [-0.2, -0.15) is 0 Å². The van der Waals surface area contributed by atoms with Crippen LogP contribution in [0.1, 0.15) is 31.2 Å². The van der Waals surface area contributed by atoms with Crippen LogP contribution < -0.4 is 5.73 Å². The molecule has 90 valence electrons. The number of hydrogen-bond donors (Lipinski definition) is 3. The summed E-state index contributed by atoms with van der Waals surface area (Å²) >= 11 is 0. The Morgan fingerprint density at radius 1 is 1.25 bits per heavy atom. The first kappa shape index (κ1) is 13.0. The van der Waals surface area contributed by atoms with Crippen molar-refractivity contribution in [2.45, 2.75) is 25.7 Å². The van der Waals surface area contributed by atoms with Gasteiger partial charge in [0.1, 0.15) is 5.75 Å². The van der Waals surface area contributed by atoms with E-state index in [1.165, 1.54) is 5.56 Å². The minimum absolute atomic E-state index is 0.144. The fraction of sp³-hybridized carbons (Fsp3) is 0.538. The highest BCUT2D eigenvalue weighted by molar-refractivity contribution is 5.28. The lowest BCUT2D eigenvalue weighted by molar-refractivity contribution is 0.214. The predicted molar refractivity (Wildman–Crippen MR) is 65.4 cm³/mol. The van der Waals surface area contributed by atoms with Crippen LogP contribution in [0.25, 0.3) is 0 Å². The normalized spacial score (nSPS) is 14.7. The van der Waals surface area contributed by atoms with Crippen LogP contribution in [0.5, 0.6) is 5.75 Å². The summed E-state index contributed by atoms with van der Waals surface area (Å²) in [6.45, 7) is 2.79. The van der Waals surface area contributed by atoms with Crippen molar-refractivity contribution in [3.8, 4) is 5.75 Å². The molecule has 0 radical (unpaired) electrons. The number of phenolic OH excluding ortho intramolecular Hbond substituents is 1. The molecular weight excluding hydrogens is 202 g/mol. The molecule has 4 N–H and O–H groups in total. The van der Waals surface area contributed by atoms with E-state index in [4.69, 9.17) is 10.8 Å². The average molecular weight is 223 g/mol. The van der Waals surface area contributed by atoms with E-state index in [0.717, 1.165) is 12.8 Å². The molecule has 0 spiro atoms. The molecule has 3 heteroatoms. The maximum atomic E-state index is 9.23. The molecule has 16 heavy (non-hydrogen) atoms. The highest BCUT2D eigenvalue weighted by Crippen LogP contribution is 2.27. The van der Waals surface area contributed by atoms with Gasteiger partial charge in [-0.05, 0) is 48.9 Å². The van der Waals surface area contributed by atoms with Gasteiger partial charge < -0.3 is 15.9 Å². The number of aliphatic hydroxyl groups excluding tert-OH is 1. The van der Waals surface area contributed by atoms with E-state index < -0.39 is 0 Å². The Morgan fingerprint density at radius 2 is 1.88 bits per heavy atom. The van der Waals surface area contributed by atoms with Crippen LogP contribution in [0.2, 0.25) is 0 Å². The summed E-state index contributed by atoms with van der Waals surface area (Å²) in [7, 11) is 0. The summed E-state index contributed by atoms with van der Waals surface area (Å²) in [6.07, 6.45) is 1.91. The lowest BCUT2D eigenvalue weighted by Gasteiger charge is -2.20. The van der Waals surface area contributed by atoms with Crippen molar-refractivity contribution in [2.24, 2.45) is 11.7 Å². The third-order valence-corrected chi connectivity index (χ3v) is 3.07. The fourth-order valence-corrected chi connectivity index (χ4v) is 1.93. The zero-order chi connectivity index (χ0) is 12.0. The van der Waals surface area contributed by atoms with Crippen LogP contribution in [0.15, 0.2) is 24.3 Å². The molecule has 0 saturated heterocycles. The first-order chi connectivity index (χ1) is 7.71. The molecule has 0 aliphatic heterocycles. The second-order valence-electron chi connectivity index (χ2n) is 4.22. The summed E-state index contributed by atoms with van der Waals surface area (Å²) in [5, 5.41) is 18.4. The van der Waals surface area contributed by atoms with Gasteiger partial charge in [0.05, 0.1) is 0 Å². The summed E-state index contributed by atoms with van der Waals surface area (Å²) < 4.78 is 0. The SMILES string of the molecule is CCC(CC(CN)CO)c1ccc(O)cc1. The number of benzene rings is 1. The quantitative estimate of drug-likeness (QED) is 0.689. The van der Waals surface area contributed by atoms with Crippen molar-refractivity contribution >= 4 is 0 Å². The zero-order valence-electron chi connectivity index (χ0n) is 9.76. The van der Waals surface area contributed by atoms with E-state index >= 15 is 0 Å². The van der Waals surface area contributed by atoms with Gasteiger partial charge >= 0.3 is 0 Å². The molecule has 1 aromatic rings. The zero-order valence-corrected chi connectivity index (χ0v) is 9.76. The Bertz CT molecular complexity index is 293. The van der Waals surface area contributed by atoms with Gasteiger partial charge in [-0.15, -0.1) is 0 Å². The van der Waals surface area contributed by atoms with Crippen LogP contribution in [-0.2, 0) is 0 Å². The van der Waals surface area contributed by atoms with Crippen molar-refractivity contribution < 1.29 is 10.2 Å². The second kappa shape index (κ2) is 6.51.